The van der Waals surface area contributed by atoms with Crippen LogP contribution in [0.25, 0.3) is 0 Å². The molecule has 1 aromatic carbocycles. The van der Waals surface area contributed by atoms with E-state index in [0.29, 0.717) is 12.2 Å². The molecule has 0 saturated carbocycles. The molecule has 86 valence electrons. The third-order valence-corrected chi connectivity index (χ3v) is 2.27. The Kier molecular flexibility index (Phi) is 2.74. The highest BCUT2D eigenvalue weighted by Gasteiger charge is 2.24. The van der Waals surface area contributed by atoms with Crippen LogP contribution >= 0.6 is 0 Å². The molecule has 6 heteroatoms. The van der Waals surface area contributed by atoms with Gasteiger partial charge in [0.2, 0.25) is 0 Å². The van der Waals surface area contributed by atoms with Crippen LogP contribution in [0.1, 0.15) is 5.56 Å². The first-order valence-electron chi connectivity index (χ1n) is 4.77. The molecule has 0 aromatic heterocycles. The molecule has 16 heavy (non-hydrogen) atoms. The second-order valence-corrected chi connectivity index (χ2v) is 3.59. The van der Waals surface area contributed by atoms with Crippen molar-refractivity contribution in [1.29, 1.82) is 0 Å². The van der Waals surface area contributed by atoms with Crippen LogP contribution in [0.2, 0.25) is 0 Å². The molecular weight excluding hydrogens is 217 g/mol. The van der Waals surface area contributed by atoms with Gasteiger partial charge < -0.3 is 9.47 Å². The first kappa shape index (κ1) is 10.8. The Hall–Kier alpha value is -1.69. The van der Waals surface area contributed by atoms with Gasteiger partial charge in [-0.15, -0.1) is 0 Å². The molecular formula is C10H10FNO4. The Morgan fingerprint density at radius 2 is 2.38 bits per heavy atom. The van der Waals surface area contributed by atoms with E-state index in [1.807, 2.05) is 0 Å². The molecule has 5 nitrogen and oxygen atoms in total. The second kappa shape index (κ2) is 4.05. The molecule has 1 aliphatic heterocycles. The Bertz CT molecular complexity index is 431. The maximum Gasteiger partial charge on any atom is 0.275 e. The van der Waals surface area contributed by atoms with E-state index in [4.69, 9.17) is 9.47 Å². The zero-order chi connectivity index (χ0) is 11.7. The van der Waals surface area contributed by atoms with Crippen molar-refractivity contribution in [3.8, 4) is 5.75 Å². The van der Waals surface area contributed by atoms with Gasteiger partial charge in [-0.2, -0.15) is 0 Å². The van der Waals surface area contributed by atoms with Gasteiger partial charge in [-0.25, -0.2) is 4.39 Å². The van der Waals surface area contributed by atoms with E-state index >= 15 is 0 Å². The van der Waals surface area contributed by atoms with E-state index in [-0.39, 0.29) is 24.1 Å². The Balaban J connectivity index is 2.18. The van der Waals surface area contributed by atoms with Crippen LogP contribution in [0.5, 0.6) is 5.75 Å². The van der Waals surface area contributed by atoms with Crippen molar-refractivity contribution in [3.05, 3.63) is 33.6 Å². The summed E-state index contributed by atoms with van der Waals surface area (Å²) in [6.07, 6.45) is 0.0231. The van der Waals surface area contributed by atoms with Gasteiger partial charge in [0.1, 0.15) is 12.7 Å². The van der Waals surface area contributed by atoms with Gasteiger partial charge in [0, 0.05) is 5.56 Å². The minimum atomic E-state index is -0.724. The quantitative estimate of drug-likeness (QED) is 0.447. The number of aryl methyl sites for hydroxylation is 1. The maximum absolute atomic E-state index is 13.4. The zero-order valence-corrected chi connectivity index (χ0v) is 8.60. The standard InChI is InChI=1S/C10H10FNO4/c1-6-2-10(16-5-7-4-15-7)8(11)3-9(6)12(13)14/h2-3,7H,4-5H2,1H3. The Labute approximate surface area is 90.9 Å². The van der Waals surface area contributed by atoms with Crippen molar-refractivity contribution in [1.82, 2.24) is 0 Å². The summed E-state index contributed by atoms with van der Waals surface area (Å²) in [4.78, 5) is 9.92. The Morgan fingerprint density at radius 3 is 2.94 bits per heavy atom. The minimum Gasteiger partial charge on any atom is -0.488 e. The van der Waals surface area contributed by atoms with Gasteiger partial charge in [-0.1, -0.05) is 0 Å². The van der Waals surface area contributed by atoms with E-state index in [9.17, 15) is 14.5 Å². The number of rotatable bonds is 4. The second-order valence-electron chi connectivity index (χ2n) is 3.59. The number of hydrogen-bond acceptors (Lipinski definition) is 4. The molecule has 2 rings (SSSR count). The van der Waals surface area contributed by atoms with Crippen molar-refractivity contribution in [3.63, 3.8) is 0 Å². The van der Waals surface area contributed by atoms with Crippen LogP contribution in [-0.4, -0.2) is 24.2 Å². The molecule has 1 unspecified atom stereocenters. The summed E-state index contributed by atoms with van der Waals surface area (Å²) in [7, 11) is 0. The van der Waals surface area contributed by atoms with Crippen LogP contribution in [0.3, 0.4) is 0 Å². The third-order valence-electron chi connectivity index (χ3n) is 2.27. The molecule has 1 heterocycles. The first-order valence-corrected chi connectivity index (χ1v) is 4.77. The number of benzene rings is 1. The van der Waals surface area contributed by atoms with E-state index in [1.54, 1.807) is 0 Å². The summed E-state index contributed by atoms with van der Waals surface area (Å²) in [6, 6.07) is 2.20. The zero-order valence-electron chi connectivity index (χ0n) is 8.60. The summed E-state index contributed by atoms with van der Waals surface area (Å²) in [5, 5.41) is 10.5. The van der Waals surface area contributed by atoms with Crippen molar-refractivity contribution in [2.24, 2.45) is 0 Å². The van der Waals surface area contributed by atoms with E-state index < -0.39 is 10.7 Å². The van der Waals surface area contributed by atoms with Gasteiger partial charge in [0.25, 0.3) is 5.69 Å². The number of ether oxygens (including phenoxy) is 2. The van der Waals surface area contributed by atoms with Crippen LogP contribution in [0, 0.1) is 22.9 Å². The van der Waals surface area contributed by atoms with Gasteiger partial charge >= 0.3 is 0 Å². The number of nitrogens with zero attached hydrogens (tertiary/aromatic N) is 1. The average Bonchev–Trinajstić information content (AvgIpc) is 3.02. The highest BCUT2D eigenvalue weighted by molar-refractivity contribution is 5.45. The van der Waals surface area contributed by atoms with E-state index in [0.717, 1.165) is 6.07 Å². The minimum absolute atomic E-state index is 0.0231. The lowest BCUT2D eigenvalue weighted by Gasteiger charge is -2.06. The number of nitro groups is 1. The van der Waals surface area contributed by atoms with Gasteiger partial charge in [0.15, 0.2) is 11.6 Å². The molecule has 0 bridgehead atoms. The predicted molar refractivity (Wildman–Crippen MR) is 53.0 cm³/mol. The molecule has 1 fully saturated rings. The molecule has 1 saturated heterocycles. The fraction of sp³-hybridized carbons (Fsp3) is 0.400. The number of nitro benzene ring substituents is 1. The van der Waals surface area contributed by atoms with Gasteiger partial charge in [-0.05, 0) is 13.0 Å². The van der Waals surface area contributed by atoms with Crippen molar-refractivity contribution < 1.29 is 18.8 Å². The van der Waals surface area contributed by atoms with Crippen LogP contribution < -0.4 is 4.74 Å². The maximum atomic E-state index is 13.4. The Morgan fingerprint density at radius 1 is 1.69 bits per heavy atom. The van der Waals surface area contributed by atoms with Crippen LogP contribution in [0.4, 0.5) is 10.1 Å². The predicted octanol–water partition coefficient (Wildman–Crippen LogP) is 1.82. The third kappa shape index (κ3) is 2.27. The lowest BCUT2D eigenvalue weighted by molar-refractivity contribution is -0.385. The highest BCUT2D eigenvalue weighted by Crippen LogP contribution is 2.27. The lowest BCUT2D eigenvalue weighted by Crippen LogP contribution is -2.06. The van der Waals surface area contributed by atoms with Gasteiger partial charge in [-0.3, -0.25) is 10.1 Å². The summed E-state index contributed by atoms with van der Waals surface area (Å²) >= 11 is 0. The molecule has 0 amide bonds. The lowest BCUT2D eigenvalue weighted by atomic mass is 10.2. The summed E-state index contributed by atoms with van der Waals surface area (Å²) in [5.74, 6) is -0.698. The molecule has 1 aromatic rings. The normalized spacial score (nSPS) is 18.2. The first-order chi connectivity index (χ1) is 7.58. The van der Waals surface area contributed by atoms with Crippen molar-refractivity contribution in [2.45, 2.75) is 13.0 Å². The van der Waals surface area contributed by atoms with Crippen LogP contribution in [-0.2, 0) is 4.74 Å². The van der Waals surface area contributed by atoms with Crippen LogP contribution in [0.15, 0.2) is 12.1 Å². The molecule has 1 atom stereocenters. The topological polar surface area (TPSA) is 64.9 Å². The summed E-state index contributed by atoms with van der Waals surface area (Å²) in [6.45, 7) is 2.43. The van der Waals surface area contributed by atoms with Crippen molar-refractivity contribution in [2.75, 3.05) is 13.2 Å². The number of halogens is 1. The summed E-state index contributed by atoms with van der Waals surface area (Å²) < 4.78 is 23.5. The molecule has 1 aliphatic rings. The number of epoxide rings is 1. The largest absolute Gasteiger partial charge is 0.488 e. The number of hydrogen-bond donors (Lipinski definition) is 0. The van der Waals surface area contributed by atoms with E-state index in [1.165, 1.54) is 13.0 Å². The SMILES string of the molecule is Cc1cc(OCC2CO2)c(F)cc1[N+](=O)[O-]. The smallest absolute Gasteiger partial charge is 0.275 e. The average molecular weight is 227 g/mol. The van der Waals surface area contributed by atoms with Crippen molar-refractivity contribution >= 4 is 5.69 Å². The molecule has 0 N–H and O–H groups in total. The highest BCUT2D eigenvalue weighted by atomic mass is 19.1. The molecule has 0 aliphatic carbocycles. The monoisotopic (exact) mass is 227 g/mol. The van der Waals surface area contributed by atoms with E-state index in [2.05, 4.69) is 0 Å². The fourth-order valence-electron chi connectivity index (χ4n) is 1.30. The molecule has 0 spiro atoms. The fourth-order valence-corrected chi connectivity index (χ4v) is 1.30. The van der Waals surface area contributed by atoms with Gasteiger partial charge in [0.05, 0.1) is 17.6 Å². The molecule has 0 radical (unpaired) electrons. The summed E-state index contributed by atoms with van der Waals surface area (Å²) in [5.41, 5.74) is 0.130.